The third kappa shape index (κ3) is 4.38. The summed E-state index contributed by atoms with van der Waals surface area (Å²) in [7, 11) is 0. The first-order valence-electron chi connectivity index (χ1n) is 10.8. The molecule has 3 aliphatic rings. The van der Waals surface area contributed by atoms with Crippen LogP contribution in [0.3, 0.4) is 0 Å². The van der Waals surface area contributed by atoms with Crippen molar-refractivity contribution >= 4 is 11.7 Å². The van der Waals surface area contributed by atoms with Crippen LogP contribution in [0.4, 0.5) is 23.7 Å². The molecule has 1 N–H and O–H groups in total. The molecule has 1 aromatic heterocycles. The highest BCUT2D eigenvalue weighted by Gasteiger charge is 2.38. The second kappa shape index (κ2) is 8.27. The molecule has 4 heterocycles. The van der Waals surface area contributed by atoms with Crippen molar-refractivity contribution in [3.05, 3.63) is 42.0 Å². The zero-order valence-corrected chi connectivity index (χ0v) is 17.5. The number of urea groups is 1. The maximum atomic E-state index is 12.8. The fraction of sp³-hybridized carbons (Fsp3) is 0.571. The summed E-state index contributed by atoms with van der Waals surface area (Å²) in [5.41, 5.74) is 2.15. The SMILES string of the molecule is O=C(N1CC(c2ccc(N3CC(OCC(F)(F)F)C3)cc2)C1)N1CCC(c2nnc[nH]2)C1. The van der Waals surface area contributed by atoms with Gasteiger partial charge in [0.2, 0.25) is 0 Å². The number of carbonyl (C=O) groups is 1. The highest BCUT2D eigenvalue weighted by molar-refractivity contribution is 5.76. The normalized spacial score (nSPS) is 22.2. The quantitative estimate of drug-likeness (QED) is 0.758. The van der Waals surface area contributed by atoms with Crippen molar-refractivity contribution in [2.75, 3.05) is 50.8 Å². The number of hydrogen-bond donors (Lipinski definition) is 1. The largest absolute Gasteiger partial charge is 0.411 e. The number of anilines is 1. The summed E-state index contributed by atoms with van der Waals surface area (Å²) in [6.07, 6.45) is -2.21. The zero-order chi connectivity index (χ0) is 22.3. The van der Waals surface area contributed by atoms with Crippen molar-refractivity contribution in [2.24, 2.45) is 0 Å². The average molecular weight is 450 g/mol. The van der Waals surface area contributed by atoms with Crippen LogP contribution in [0.5, 0.6) is 0 Å². The van der Waals surface area contributed by atoms with Gasteiger partial charge in [-0.3, -0.25) is 0 Å². The van der Waals surface area contributed by atoms with Crippen LogP contribution >= 0.6 is 0 Å². The number of alkyl halides is 3. The van der Waals surface area contributed by atoms with Crippen LogP contribution in [-0.4, -0.2) is 89.2 Å². The van der Waals surface area contributed by atoms with Crippen LogP contribution < -0.4 is 4.90 Å². The molecular formula is C21H25F3N6O2. The van der Waals surface area contributed by atoms with Crippen molar-refractivity contribution in [3.63, 3.8) is 0 Å². The summed E-state index contributed by atoms with van der Waals surface area (Å²) >= 11 is 0. The Kier molecular flexibility index (Phi) is 5.44. The lowest BCUT2D eigenvalue weighted by atomic mass is 9.91. The molecular weight excluding hydrogens is 425 g/mol. The minimum Gasteiger partial charge on any atom is -0.366 e. The van der Waals surface area contributed by atoms with E-state index < -0.39 is 12.8 Å². The van der Waals surface area contributed by atoms with Gasteiger partial charge in [-0.1, -0.05) is 12.1 Å². The lowest BCUT2D eigenvalue weighted by Gasteiger charge is -2.42. The van der Waals surface area contributed by atoms with E-state index in [1.165, 1.54) is 5.56 Å². The molecule has 3 aliphatic heterocycles. The minimum absolute atomic E-state index is 0.0744. The number of rotatable bonds is 5. The first-order valence-corrected chi connectivity index (χ1v) is 10.8. The number of nitrogens with one attached hydrogen (secondary N) is 1. The van der Waals surface area contributed by atoms with Crippen LogP contribution in [0.25, 0.3) is 0 Å². The number of amides is 2. The molecule has 8 nitrogen and oxygen atoms in total. The fourth-order valence-electron chi connectivity index (χ4n) is 4.54. The molecule has 3 fully saturated rings. The Bertz CT molecular complexity index is 924. The van der Waals surface area contributed by atoms with Crippen molar-refractivity contribution in [2.45, 2.75) is 30.5 Å². The second-order valence-electron chi connectivity index (χ2n) is 8.73. The van der Waals surface area contributed by atoms with Gasteiger partial charge in [-0.25, -0.2) is 4.79 Å². The zero-order valence-electron chi connectivity index (χ0n) is 17.5. The third-order valence-electron chi connectivity index (χ3n) is 6.49. The van der Waals surface area contributed by atoms with Crippen LogP contribution in [0.15, 0.2) is 30.6 Å². The minimum atomic E-state index is -4.28. The summed E-state index contributed by atoms with van der Waals surface area (Å²) in [6, 6.07) is 8.14. The summed E-state index contributed by atoms with van der Waals surface area (Å²) in [5.74, 6) is 1.35. The highest BCUT2D eigenvalue weighted by atomic mass is 19.4. The summed E-state index contributed by atoms with van der Waals surface area (Å²) < 4.78 is 41.5. The van der Waals surface area contributed by atoms with Crippen molar-refractivity contribution in [1.29, 1.82) is 0 Å². The maximum absolute atomic E-state index is 12.8. The highest BCUT2D eigenvalue weighted by Crippen LogP contribution is 2.32. The Morgan fingerprint density at radius 3 is 2.44 bits per heavy atom. The standard InChI is InChI=1S/C21H25F3N6O2/c22-21(23,24)12-32-18-10-29(11-18)17-3-1-14(2-4-17)16-8-30(9-16)20(31)28-6-5-15(7-28)19-25-13-26-27-19/h1-4,13,15-16,18H,5-12H2,(H,25,26,27). The number of halogens is 3. The molecule has 2 amide bonds. The van der Waals surface area contributed by atoms with Gasteiger partial charge < -0.3 is 24.4 Å². The molecule has 11 heteroatoms. The van der Waals surface area contributed by atoms with E-state index >= 15 is 0 Å². The van der Waals surface area contributed by atoms with Crippen molar-refractivity contribution in [1.82, 2.24) is 25.0 Å². The van der Waals surface area contributed by atoms with E-state index in [4.69, 9.17) is 4.74 Å². The Morgan fingerprint density at radius 2 is 1.78 bits per heavy atom. The summed E-state index contributed by atoms with van der Waals surface area (Å²) in [4.78, 5) is 21.6. The number of nitrogens with zero attached hydrogens (tertiary/aromatic N) is 5. The van der Waals surface area contributed by atoms with Gasteiger partial charge in [0.1, 0.15) is 18.8 Å². The molecule has 0 aliphatic carbocycles. The predicted molar refractivity (Wildman–Crippen MR) is 109 cm³/mol. The average Bonchev–Trinajstić information content (AvgIpc) is 3.37. The number of aromatic nitrogens is 3. The van der Waals surface area contributed by atoms with Gasteiger partial charge in [0.25, 0.3) is 0 Å². The van der Waals surface area contributed by atoms with Gasteiger partial charge in [0, 0.05) is 56.8 Å². The smallest absolute Gasteiger partial charge is 0.366 e. The Hall–Kier alpha value is -2.82. The summed E-state index contributed by atoms with van der Waals surface area (Å²) in [6.45, 7) is 2.51. The fourth-order valence-corrected chi connectivity index (χ4v) is 4.54. The van der Waals surface area contributed by atoms with Crippen LogP contribution in [0.1, 0.15) is 29.6 Å². The van der Waals surface area contributed by atoms with Crippen molar-refractivity contribution < 1.29 is 22.7 Å². The van der Waals surface area contributed by atoms with Crippen molar-refractivity contribution in [3.8, 4) is 0 Å². The van der Waals surface area contributed by atoms with E-state index in [1.54, 1.807) is 6.33 Å². The number of ether oxygens (including phenoxy) is 1. The molecule has 5 rings (SSSR count). The Morgan fingerprint density at radius 1 is 1.06 bits per heavy atom. The molecule has 0 radical (unpaired) electrons. The lowest BCUT2D eigenvalue weighted by molar-refractivity contribution is -0.187. The van der Waals surface area contributed by atoms with Gasteiger partial charge in [-0.15, -0.1) is 10.2 Å². The van der Waals surface area contributed by atoms with Crippen LogP contribution in [0.2, 0.25) is 0 Å². The molecule has 32 heavy (non-hydrogen) atoms. The molecule has 2 aromatic rings. The number of likely N-dealkylation sites (tertiary alicyclic amines) is 2. The van der Waals surface area contributed by atoms with E-state index in [0.29, 0.717) is 38.6 Å². The first kappa shape index (κ1) is 21.0. The lowest BCUT2D eigenvalue weighted by Crippen LogP contribution is -2.53. The van der Waals surface area contributed by atoms with E-state index in [2.05, 4.69) is 15.2 Å². The van der Waals surface area contributed by atoms with Gasteiger partial charge in [0.05, 0.1) is 6.10 Å². The van der Waals surface area contributed by atoms with Crippen LogP contribution in [-0.2, 0) is 4.74 Å². The van der Waals surface area contributed by atoms with Gasteiger partial charge in [-0.2, -0.15) is 13.2 Å². The van der Waals surface area contributed by atoms with Crippen LogP contribution in [0, 0.1) is 0 Å². The topological polar surface area (TPSA) is 77.6 Å². The number of carbonyl (C=O) groups excluding carboxylic acids is 1. The summed E-state index contributed by atoms with van der Waals surface area (Å²) in [5, 5.41) is 7.88. The van der Waals surface area contributed by atoms with Gasteiger partial charge in [0.15, 0.2) is 0 Å². The van der Waals surface area contributed by atoms with E-state index in [0.717, 1.165) is 24.5 Å². The molecule has 1 aromatic carbocycles. The monoisotopic (exact) mass is 450 g/mol. The Labute approximate surface area is 183 Å². The number of aromatic amines is 1. The number of hydrogen-bond acceptors (Lipinski definition) is 5. The molecule has 0 bridgehead atoms. The number of benzene rings is 1. The van der Waals surface area contributed by atoms with Gasteiger partial charge >= 0.3 is 12.2 Å². The molecule has 1 unspecified atom stereocenters. The van der Waals surface area contributed by atoms with E-state index in [1.807, 2.05) is 39.0 Å². The molecule has 0 spiro atoms. The first-order chi connectivity index (χ1) is 15.4. The van der Waals surface area contributed by atoms with Gasteiger partial charge in [-0.05, 0) is 24.1 Å². The predicted octanol–water partition coefficient (Wildman–Crippen LogP) is 2.58. The van der Waals surface area contributed by atoms with E-state index in [-0.39, 0.29) is 18.1 Å². The number of H-pyrrole nitrogens is 1. The maximum Gasteiger partial charge on any atom is 0.411 e. The molecule has 0 saturated carbocycles. The molecule has 172 valence electrons. The third-order valence-corrected chi connectivity index (χ3v) is 6.49. The van der Waals surface area contributed by atoms with E-state index in [9.17, 15) is 18.0 Å². The molecule has 1 atom stereocenters. The second-order valence-corrected chi connectivity index (χ2v) is 8.73. The Balaban J connectivity index is 1.06. The molecule has 3 saturated heterocycles.